The van der Waals surface area contributed by atoms with Crippen LogP contribution in [0.1, 0.15) is 10.4 Å². The van der Waals surface area contributed by atoms with Crippen LogP contribution in [-0.4, -0.2) is 50.3 Å². The Morgan fingerprint density at radius 3 is 2.52 bits per heavy atom. The predicted molar refractivity (Wildman–Crippen MR) is 90.5 cm³/mol. The number of rotatable bonds is 5. The maximum Gasteiger partial charge on any atom is 0.254 e. The van der Waals surface area contributed by atoms with Crippen LogP contribution in [0.5, 0.6) is 11.5 Å². The van der Waals surface area contributed by atoms with Gasteiger partial charge in [-0.15, -0.1) is 0 Å². The monoisotopic (exact) mass is 345 g/mol. The summed E-state index contributed by atoms with van der Waals surface area (Å²) >= 11 is 0. The molecule has 5 nitrogen and oxygen atoms in total. The zero-order chi connectivity index (χ0) is 17.6. The van der Waals surface area contributed by atoms with E-state index in [1.165, 1.54) is 12.1 Å². The molecule has 0 radical (unpaired) electrons. The van der Waals surface area contributed by atoms with E-state index in [0.717, 1.165) is 0 Å². The molecule has 132 valence electrons. The van der Waals surface area contributed by atoms with Crippen LogP contribution in [0.3, 0.4) is 0 Å². The van der Waals surface area contributed by atoms with E-state index in [1.54, 1.807) is 48.4 Å². The number of benzene rings is 2. The molecule has 1 saturated heterocycles. The van der Waals surface area contributed by atoms with Crippen LogP contribution >= 0.6 is 0 Å². The molecule has 1 aliphatic heterocycles. The van der Waals surface area contributed by atoms with Crippen molar-refractivity contribution in [2.45, 2.75) is 6.10 Å². The molecule has 1 aliphatic rings. The highest BCUT2D eigenvalue weighted by molar-refractivity contribution is 5.94. The van der Waals surface area contributed by atoms with E-state index in [9.17, 15) is 9.18 Å². The van der Waals surface area contributed by atoms with Crippen molar-refractivity contribution in [3.63, 3.8) is 0 Å². The molecule has 0 bridgehead atoms. The van der Waals surface area contributed by atoms with E-state index in [1.807, 2.05) is 0 Å². The summed E-state index contributed by atoms with van der Waals surface area (Å²) < 4.78 is 29.3. The number of hydrogen-bond donors (Lipinski definition) is 0. The van der Waals surface area contributed by atoms with E-state index in [2.05, 4.69) is 0 Å². The van der Waals surface area contributed by atoms with Gasteiger partial charge in [0, 0.05) is 12.1 Å². The standard InChI is InChI=1S/C19H20FNO4/c1-23-16-6-2-14(3-7-16)19(22)21-10-11-24-18(12-21)13-25-17-8-4-15(20)5-9-17/h2-9,18H,10-13H2,1H3/t18-/m0/s1. The first-order chi connectivity index (χ1) is 12.2. The SMILES string of the molecule is COc1ccc(C(=O)N2CCO[C@H](COc3ccc(F)cc3)C2)cc1. The van der Waals surface area contributed by atoms with Gasteiger partial charge in [0.1, 0.15) is 30.0 Å². The summed E-state index contributed by atoms with van der Waals surface area (Å²) in [6.07, 6.45) is -0.221. The summed E-state index contributed by atoms with van der Waals surface area (Å²) in [5.41, 5.74) is 0.612. The smallest absolute Gasteiger partial charge is 0.254 e. The van der Waals surface area contributed by atoms with Crippen LogP contribution < -0.4 is 9.47 Å². The van der Waals surface area contributed by atoms with Gasteiger partial charge in [0.25, 0.3) is 5.91 Å². The second-order valence-electron chi connectivity index (χ2n) is 5.74. The van der Waals surface area contributed by atoms with Gasteiger partial charge in [-0.05, 0) is 48.5 Å². The molecular weight excluding hydrogens is 325 g/mol. The van der Waals surface area contributed by atoms with E-state index in [0.29, 0.717) is 43.4 Å². The summed E-state index contributed by atoms with van der Waals surface area (Å²) in [7, 11) is 1.59. The Bertz CT molecular complexity index is 702. The lowest BCUT2D eigenvalue weighted by molar-refractivity contribution is -0.0401. The molecule has 2 aromatic carbocycles. The fraction of sp³-hybridized carbons (Fsp3) is 0.316. The lowest BCUT2D eigenvalue weighted by Gasteiger charge is -2.33. The molecule has 1 amide bonds. The molecule has 25 heavy (non-hydrogen) atoms. The van der Waals surface area contributed by atoms with E-state index in [4.69, 9.17) is 14.2 Å². The summed E-state index contributed by atoms with van der Waals surface area (Å²) in [5, 5.41) is 0. The van der Waals surface area contributed by atoms with Gasteiger partial charge in [0.05, 0.1) is 20.3 Å². The Hall–Kier alpha value is -2.60. The molecule has 0 saturated carbocycles. The molecule has 0 N–H and O–H groups in total. The maximum atomic E-state index is 12.9. The van der Waals surface area contributed by atoms with Crippen molar-refractivity contribution in [3.05, 3.63) is 59.9 Å². The summed E-state index contributed by atoms with van der Waals surface area (Å²) in [6, 6.07) is 12.9. The van der Waals surface area contributed by atoms with Crippen LogP contribution in [0.25, 0.3) is 0 Å². The number of nitrogens with zero attached hydrogens (tertiary/aromatic N) is 1. The average molecular weight is 345 g/mol. The second kappa shape index (κ2) is 7.98. The minimum atomic E-state index is -0.308. The summed E-state index contributed by atoms with van der Waals surface area (Å²) in [5.74, 6) is 0.933. The van der Waals surface area contributed by atoms with E-state index < -0.39 is 0 Å². The Morgan fingerprint density at radius 2 is 1.84 bits per heavy atom. The van der Waals surface area contributed by atoms with Crippen LogP contribution in [0.4, 0.5) is 4.39 Å². The minimum absolute atomic E-state index is 0.0438. The molecule has 0 aromatic heterocycles. The van der Waals surface area contributed by atoms with E-state index >= 15 is 0 Å². The molecule has 6 heteroatoms. The number of hydrogen-bond acceptors (Lipinski definition) is 4. The number of carbonyl (C=O) groups is 1. The van der Waals surface area contributed by atoms with Gasteiger partial charge in [-0.2, -0.15) is 0 Å². The first-order valence-electron chi connectivity index (χ1n) is 8.09. The van der Waals surface area contributed by atoms with Crippen molar-refractivity contribution in [1.82, 2.24) is 4.90 Å². The third-order valence-corrected chi connectivity index (χ3v) is 4.01. The Balaban J connectivity index is 1.56. The predicted octanol–water partition coefficient (Wildman–Crippen LogP) is 2.75. The topological polar surface area (TPSA) is 48.0 Å². The second-order valence-corrected chi connectivity index (χ2v) is 5.74. The van der Waals surface area contributed by atoms with Gasteiger partial charge in [0.2, 0.25) is 0 Å². The van der Waals surface area contributed by atoms with Crippen LogP contribution in [0, 0.1) is 5.82 Å². The molecular formula is C19H20FNO4. The van der Waals surface area contributed by atoms with Crippen LogP contribution in [0.2, 0.25) is 0 Å². The van der Waals surface area contributed by atoms with Gasteiger partial charge in [-0.1, -0.05) is 0 Å². The minimum Gasteiger partial charge on any atom is -0.497 e. The highest BCUT2D eigenvalue weighted by atomic mass is 19.1. The fourth-order valence-corrected chi connectivity index (χ4v) is 2.64. The lowest BCUT2D eigenvalue weighted by atomic mass is 10.1. The number of ether oxygens (including phenoxy) is 3. The summed E-state index contributed by atoms with van der Waals surface area (Å²) in [6.45, 7) is 1.75. The number of carbonyl (C=O) groups excluding carboxylic acids is 1. The number of morpholine rings is 1. The quantitative estimate of drug-likeness (QED) is 0.836. The fourth-order valence-electron chi connectivity index (χ4n) is 2.64. The van der Waals surface area contributed by atoms with Crippen LogP contribution in [-0.2, 0) is 4.74 Å². The third kappa shape index (κ3) is 4.48. The molecule has 0 spiro atoms. The van der Waals surface area contributed by atoms with Crippen molar-refractivity contribution in [2.24, 2.45) is 0 Å². The van der Waals surface area contributed by atoms with E-state index in [-0.39, 0.29) is 17.8 Å². The number of methoxy groups -OCH3 is 1. The van der Waals surface area contributed by atoms with Gasteiger partial charge in [-0.3, -0.25) is 4.79 Å². The molecule has 0 unspecified atom stereocenters. The first kappa shape index (κ1) is 17.2. The zero-order valence-electron chi connectivity index (χ0n) is 14.0. The molecule has 2 aromatic rings. The largest absolute Gasteiger partial charge is 0.497 e. The normalized spacial score (nSPS) is 17.2. The number of amides is 1. The average Bonchev–Trinajstić information content (AvgIpc) is 2.67. The van der Waals surface area contributed by atoms with Crippen molar-refractivity contribution < 1.29 is 23.4 Å². The highest BCUT2D eigenvalue weighted by Gasteiger charge is 2.25. The van der Waals surface area contributed by atoms with Gasteiger partial charge in [0.15, 0.2) is 0 Å². The molecule has 0 aliphatic carbocycles. The van der Waals surface area contributed by atoms with Crippen molar-refractivity contribution in [2.75, 3.05) is 33.4 Å². The van der Waals surface area contributed by atoms with Gasteiger partial charge < -0.3 is 19.1 Å². The van der Waals surface area contributed by atoms with Crippen molar-refractivity contribution >= 4 is 5.91 Å². The highest BCUT2D eigenvalue weighted by Crippen LogP contribution is 2.16. The Kier molecular flexibility index (Phi) is 5.50. The third-order valence-electron chi connectivity index (χ3n) is 4.01. The zero-order valence-corrected chi connectivity index (χ0v) is 14.0. The lowest BCUT2D eigenvalue weighted by Crippen LogP contribution is -2.47. The Labute approximate surface area is 145 Å². The molecule has 1 atom stereocenters. The molecule has 3 rings (SSSR count). The summed E-state index contributed by atoms with van der Waals surface area (Å²) in [4.78, 5) is 14.4. The Morgan fingerprint density at radius 1 is 1.16 bits per heavy atom. The van der Waals surface area contributed by atoms with Gasteiger partial charge in [-0.25, -0.2) is 4.39 Å². The molecule has 1 heterocycles. The van der Waals surface area contributed by atoms with Gasteiger partial charge >= 0.3 is 0 Å². The molecule has 1 fully saturated rings. The van der Waals surface area contributed by atoms with Crippen LogP contribution in [0.15, 0.2) is 48.5 Å². The van der Waals surface area contributed by atoms with Crippen molar-refractivity contribution in [3.8, 4) is 11.5 Å². The maximum absolute atomic E-state index is 12.9. The number of halogens is 1. The van der Waals surface area contributed by atoms with Crippen molar-refractivity contribution in [1.29, 1.82) is 0 Å². The first-order valence-corrected chi connectivity index (χ1v) is 8.09.